The van der Waals surface area contributed by atoms with E-state index in [1.54, 1.807) is 23.5 Å². The van der Waals surface area contributed by atoms with Gasteiger partial charge in [-0.15, -0.1) is 11.3 Å². The standard InChI is InChI=1S/C19H19N3O3S2/c23-15(16-5-3-11-25-16)12-21-7-9-22(10-8-21)18(24)13-26-19-20-14-4-1-2-6-17(14)27-19/h1-6,11H,7-10,12-13H2. The van der Waals surface area contributed by atoms with Gasteiger partial charge in [0.25, 0.3) is 0 Å². The van der Waals surface area contributed by atoms with E-state index in [0.29, 0.717) is 44.2 Å². The van der Waals surface area contributed by atoms with E-state index >= 15 is 0 Å². The number of benzene rings is 1. The molecule has 0 atom stereocenters. The zero-order chi connectivity index (χ0) is 18.6. The molecule has 1 saturated heterocycles. The lowest BCUT2D eigenvalue weighted by Gasteiger charge is -2.34. The topological polar surface area (TPSA) is 66.7 Å². The summed E-state index contributed by atoms with van der Waals surface area (Å²) in [5, 5.41) is 0. The molecular formula is C19H19N3O3S2. The Labute approximate surface area is 165 Å². The third-order valence-corrected chi connectivity index (χ3v) is 6.65. The minimum atomic E-state index is -0.0221. The van der Waals surface area contributed by atoms with Crippen LogP contribution in [0.2, 0.25) is 0 Å². The second-order valence-corrected chi connectivity index (χ2v) is 8.55. The summed E-state index contributed by atoms with van der Waals surface area (Å²) < 4.78 is 7.21. The van der Waals surface area contributed by atoms with Crippen molar-refractivity contribution < 1.29 is 14.0 Å². The number of thioether (sulfide) groups is 1. The number of ketones is 1. The Morgan fingerprint density at radius 1 is 1.11 bits per heavy atom. The summed E-state index contributed by atoms with van der Waals surface area (Å²) >= 11 is 3.11. The zero-order valence-electron chi connectivity index (χ0n) is 14.7. The van der Waals surface area contributed by atoms with Crippen molar-refractivity contribution in [3.63, 3.8) is 0 Å². The minimum Gasteiger partial charge on any atom is -0.461 e. The molecule has 1 aliphatic rings. The number of carbonyl (C=O) groups excluding carboxylic acids is 2. The number of amides is 1. The second-order valence-electron chi connectivity index (χ2n) is 6.29. The number of furan rings is 1. The monoisotopic (exact) mass is 401 g/mol. The predicted octanol–water partition coefficient (Wildman–Crippen LogP) is 3.01. The van der Waals surface area contributed by atoms with Crippen LogP contribution in [-0.4, -0.2) is 65.0 Å². The molecule has 1 aromatic carbocycles. The zero-order valence-corrected chi connectivity index (χ0v) is 16.3. The summed E-state index contributed by atoms with van der Waals surface area (Å²) in [6, 6.07) is 11.4. The molecule has 6 nitrogen and oxygen atoms in total. The molecule has 3 heterocycles. The van der Waals surface area contributed by atoms with Gasteiger partial charge in [0.15, 0.2) is 10.1 Å². The summed E-state index contributed by atoms with van der Waals surface area (Å²) in [5.41, 5.74) is 0.979. The van der Waals surface area contributed by atoms with Gasteiger partial charge in [0, 0.05) is 26.2 Å². The Hall–Kier alpha value is -2.16. The van der Waals surface area contributed by atoms with Gasteiger partial charge in [-0.05, 0) is 24.3 Å². The van der Waals surface area contributed by atoms with Crippen molar-refractivity contribution in [1.82, 2.24) is 14.8 Å². The number of para-hydroxylation sites is 1. The van der Waals surface area contributed by atoms with Crippen molar-refractivity contribution in [2.24, 2.45) is 0 Å². The van der Waals surface area contributed by atoms with E-state index in [0.717, 1.165) is 14.6 Å². The molecule has 1 aliphatic heterocycles. The molecule has 2 aromatic heterocycles. The van der Waals surface area contributed by atoms with Crippen molar-refractivity contribution in [3.05, 3.63) is 48.4 Å². The number of rotatable bonds is 6. The van der Waals surface area contributed by atoms with E-state index in [9.17, 15) is 9.59 Å². The summed E-state index contributed by atoms with van der Waals surface area (Å²) in [7, 11) is 0. The number of thiazole rings is 1. The van der Waals surface area contributed by atoms with Gasteiger partial charge >= 0.3 is 0 Å². The molecule has 140 valence electrons. The first-order valence-corrected chi connectivity index (χ1v) is 10.5. The molecule has 0 unspecified atom stereocenters. The lowest BCUT2D eigenvalue weighted by molar-refractivity contribution is -0.129. The summed E-state index contributed by atoms with van der Waals surface area (Å²) in [5.74, 6) is 0.883. The Bertz CT molecular complexity index is 898. The molecule has 1 fully saturated rings. The molecule has 0 aliphatic carbocycles. The maximum Gasteiger partial charge on any atom is 0.233 e. The van der Waals surface area contributed by atoms with Crippen molar-refractivity contribution in [3.8, 4) is 0 Å². The maximum atomic E-state index is 12.5. The van der Waals surface area contributed by atoms with Gasteiger partial charge < -0.3 is 9.32 Å². The van der Waals surface area contributed by atoms with Crippen LogP contribution < -0.4 is 0 Å². The van der Waals surface area contributed by atoms with Gasteiger partial charge in [-0.1, -0.05) is 23.9 Å². The molecule has 0 saturated carbocycles. The first-order valence-electron chi connectivity index (χ1n) is 8.74. The molecule has 8 heteroatoms. The fourth-order valence-electron chi connectivity index (χ4n) is 3.00. The van der Waals surface area contributed by atoms with Crippen LogP contribution in [0.15, 0.2) is 51.4 Å². The van der Waals surface area contributed by atoms with E-state index < -0.39 is 0 Å². The van der Waals surface area contributed by atoms with Gasteiger partial charge in [-0.2, -0.15) is 0 Å². The van der Waals surface area contributed by atoms with Gasteiger partial charge in [-0.3, -0.25) is 14.5 Å². The van der Waals surface area contributed by atoms with Crippen LogP contribution in [0.4, 0.5) is 0 Å². The Morgan fingerprint density at radius 3 is 2.67 bits per heavy atom. The van der Waals surface area contributed by atoms with Crippen LogP contribution >= 0.6 is 23.1 Å². The predicted molar refractivity (Wildman–Crippen MR) is 106 cm³/mol. The van der Waals surface area contributed by atoms with Gasteiger partial charge in [-0.25, -0.2) is 4.98 Å². The molecule has 0 N–H and O–H groups in total. The number of hydrogen-bond donors (Lipinski definition) is 0. The fourth-order valence-corrected chi connectivity index (χ4v) is 4.97. The molecule has 4 rings (SSSR count). The summed E-state index contributed by atoms with van der Waals surface area (Å²) in [6.45, 7) is 3.01. The van der Waals surface area contributed by atoms with Crippen molar-refractivity contribution >= 4 is 45.0 Å². The number of aromatic nitrogens is 1. The average Bonchev–Trinajstić information content (AvgIpc) is 3.36. The van der Waals surface area contributed by atoms with Crippen LogP contribution in [0.1, 0.15) is 10.6 Å². The Balaban J connectivity index is 1.24. The summed E-state index contributed by atoms with van der Waals surface area (Å²) in [4.78, 5) is 33.1. The maximum absolute atomic E-state index is 12.5. The molecule has 0 bridgehead atoms. The molecule has 1 amide bonds. The third kappa shape index (κ3) is 4.40. The summed E-state index contributed by atoms with van der Waals surface area (Å²) in [6.07, 6.45) is 1.51. The van der Waals surface area contributed by atoms with Crippen LogP contribution in [0.5, 0.6) is 0 Å². The Morgan fingerprint density at radius 2 is 1.93 bits per heavy atom. The minimum absolute atomic E-state index is 0.0221. The quantitative estimate of drug-likeness (QED) is 0.467. The fraction of sp³-hybridized carbons (Fsp3) is 0.316. The van der Waals surface area contributed by atoms with Crippen LogP contribution in [0.3, 0.4) is 0 Å². The first-order chi connectivity index (χ1) is 13.2. The largest absolute Gasteiger partial charge is 0.461 e. The van der Waals surface area contributed by atoms with Gasteiger partial charge in [0.05, 0.1) is 28.8 Å². The van der Waals surface area contributed by atoms with Gasteiger partial charge in [0.1, 0.15) is 0 Å². The number of carbonyl (C=O) groups is 2. The molecule has 0 spiro atoms. The number of hydrogen-bond acceptors (Lipinski definition) is 7. The molecule has 27 heavy (non-hydrogen) atoms. The first kappa shape index (κ1) is 18.2. The normalized spacial score (nSPS) is 15.3. The van der Waals surface area contributed by atoms with E-state index in [1.165, 1.54) is 18.0 Å². The highest BCUT2D eigenvalue weighted by atomic mass is 32.2. The smallest absolute Gasteiger partial charge is 0.233 e. The number of Topliss-reactive ketones (excluding diaryl/α,β-unsaturated/α-hetero) is 1. The number of fused-ring (bicyclic) bond motifs is 1. The van der Waals surface area contributed by atoms with E-state index in [4.69, 9.17) is 4.42 Å². The van der Waals surface area contributed by atoms with Crippen molar-refractivity contribution in [2.75, 3.05) is 38.5 Å². The van der Waals surface area contributed by atoms with E-state index in [-0.39, 0.29) is 11.7 Å². The van der Waals surface area contributed by atoms with E-state index in [1.807, 2.05) is 29.2 Å². The highest BCUT2D eigenvalue weighted by Crippen LogP contribution is 2.29. The third-order valence-electron chi connectivity index (χ3n) is 4.48. The SMILES string of the molecule is O=C(CN1CCN(C(=O)CSc2nc3ccccc3s2)CC1)c1ccco1. The molecule has 0 radical (unpaired) electrons. The van der Waals surface area contributed by atoms with Crippen LogP contribution in [0, 0.1) is 0 Å². The second kappa shape index (κ2) is 8.24. The lowest BCUT2D eigenvalue weighted by Crippen LogP contribution is -2.50. The Kier molecular flexibility index (Phi) is 5.56. The van der Waals surface area contributed by atoms with E-state index in [2.05, 4.69) is 9.88 Å². The molecule has 3 aromatic rings. The van der Waals surface area contributed by atoms with Gasteiger partial charge in [0.2, 0.25) is 11.7 Å². The number of nitrogens with zero attached hydrogens (tertiary/aromatic N) is 3. The lowest BCUT2D eigenvalue weighted by atomic mass is 10.2. The van der Waals surface area contributed by atoms with Crippen LogP contribution in [0.25, 0.3) is 10.2 Å². The average molecular weight is 402 g/mol. The van der Waals surface area contributed by atoms with Crippen molar-refractivity contribution in [1.29, 1.82) is 0 Å². The van der Waals surface area contributed by atoms with Crippen molar-refractivity contribution in [2.45, 2.75) is 4.34 Å². The number of piperazine rings is 1. The van der Waals surface area contributed by atoms with Crippen LogP contribution in [-0.2, 0) is 4.79 Å². The molecular weight excluding hydrogens is 382 g/mol. The highest BCUT2D eigenvalue weighted by molar-refractivity contribution is 8.01. The highest BCUT2D eigenvalue weighted by Gasteiger charge is 2.23.